The highest BCUT2D eigenvalue weighted by molar-refractivity contribution is 7.99. The number of hydrogen-bond donors (Lipinski definition) is 2. The maximum absolute atomic E-state index is 12.6. The van der Waals surface area contributed by atoms with E-state index in [2.05, 4.69) is 37.2 Å². The minimum atomic E-state index is -0.293. The number of para-hydroxylation sites is 2. The van der Waals surface area contributed by atoms with Gasteiger partial charge in [-0.05, 0) is 80.2 Å². The van der Waals surface area contributed by atoms with Crippen molar-refractivity contribution in [2.75, 3.05) is 0 Å². The number of fused-ring (bicyclic) bond motifs is 1. The molecular formula is C25H21N5O2S. The highest BCUT2D eigenvalue weighted by Gasteiger charge is 2.10. The second kappa shape index (κ2) is 8.84. The Morgan fingerprint density at radius 2 is 1.88 bits per heavy atom. The molecule has 8 heteroatoms. The summed E-state index contributed by atoms with van der Waals surface area (Å²) in [4.78, 5) is 20.4. The maximum Gasteiger partial charge on any atom is 0.271 e. The van der Waals surface area contributed by atoms with E-state index in [1.165, 1.54) is 18.0 Å². The van der Waals surface area contributed by atoms with Crippen LogP contribution in [-0.4, -0.2) is 26.7 Å². The van der Waals surface area contributed by atoms with E-state index in [1.54, 1.807) is 12.1 Å². The highest BCUT2D eigenvalue weighted by atomic mass is 32.2. The summed E-state index contributed by atoms with van der Waals surface area (Å²) in [7, 11) is 0. The van der Waals surface area contributed by atoms with Gasteiger partial charge in [0, 0.05) is 22.6 Å². The summed E-state index contributed by atoms with van der Waals surface area (Å²) >= 11 is 1.39. The number of aromatic amines is 1. The topological polar surface area (TPSA) is 88.2 Å². The molecule has 7 nitrogen and oxygen atoms in total. The molecule has 164 valence electrons. The van der Waals surface area contributed by atoms with E-state index in [1.807, 2.05) is 62.4 Å². The molecule has 0 saturated carbocycles. The molecule has 33 heavy (non-hydrogen) atoms. The van der Waals surface area contributed by atoms with Gasteiger partial charge in [-0.2, -0.15) is 5.10 Å². The van der Waals surface area contributed by atoms with E-state index >= 15 is 0 Å². The molecule has 0 atom stereocenters. The van der Waals surface area contributed by atoms with Crippen LogP contribution >= 0.6 is 11.8 Å². The third-order valence-corrected chi connectivity index (χ3v) is 5.97. The van der Waals surface area contributed by atoms with Crippen LogP contribution in [0.15, 0.2) is 92.6 Å². The van der Waals surface area contributed by atoms with E-state index in [4.69, 9.17) is 4.42 Å². The van der Waals surface area contributed by atoms with Crippen LogP contribution in [0.1, 0.15) is 27.5 Å². The lowest BCUT2D eigenvalue weighted by atomic mass is 10.2. The van der Waals surface area contributed by atoms with Gasteiger partial charge in [0.2, 0.25) is 0 Å². The summed E-state index contributed by atoms with van der Waals surface area (Å²) in [5.74, 6) is 0.236. The van der Waals surface area contributed by atoms with Crippen molar-refractivity contribution in [3.63, 3.8) is 0 Å². The first-order valence-corrected chi connectivity index (χ1v) is 11.2. The molecule has 1 amide bonds. The molecule has 2 N–H and O–H groups in total. The van der Waals surface area contributed by atoms with Gasteiger partial charge in [0.05, 0.1) is 17.2 Å². The summed E-state index contributed by atoms with van der Waals surface area (Å²) in [6.45, 7) is 4.07. The number of nitrogens with one attached hydrogen (secondary N) is 2. The number of carbonyl (C=O) groups excluding carboxylic acids is 1. The number of H-pyrrole nitrogens is 1. The Morgan fingerprint density at radius 1 is 1.06 bits per heavy atom. The van der Waals surface area contributed by atoms with Gasteiger partial charge < -0.3 is 14.0 Å². The van der Waals surface area contributed by atoms with Gasteiger partial charge >= 0.3 is 0 Å². The Kier molecular flexibility index (Phi) is 5.58. The Morgan fingerprint density at radius 3 is 2.70 bits per heavy atom. The molecule has 5 aromatic rings. The molecule has 0 aliphatic carbocycles. The van der Waals surface area contributed by atoms with Crippen molar-refractivity contribution >= 4 is 34.9 Å². The Bertz CT molecular complexity index is 1420. The first-order chi connectivity index (χ1) is 16.1. The molecule has 3 heterocycles. The van der Waals surface area contributed by atoms with Gasteiger partial charge in [-0.1, -0.05) is 18.2 Å². The minimum Gasteiger partial charge on any atom is -0.448 e. The molecule has 0 unspecified atom stereocenters. The monoisotopic (exact) mass is 455 g/mol. The number of amides is 1. The number of rotatable bonds is 6. The third-order valence-electron chi connectivity index (χ3n) is 5.16. The smallest absolute Gasteiger partial charge is 0.271 e. The van der Waals surface area contributed by atoms with Crippen LogP contribution < -0.4 is 5.43 Å². The average molecular weight is 456 g/mol. The molecule has 0 saturated heterocycles. The number of nitrogens with zero attached hydrogens (tertiary/aromatic N) is 3. The van der Waals surface area contributed by atoms with Crippen molar-refractivity contribution in [2.24, 2.45) is 5.10 Å². The summed E-state index contributed by atoms with van der Waals surface area (Å²) in [6, 6.07) is 23.0. The Labute approximate surface area is 194 Å². The van der Waals surface area contributed by atoms with Crippen molar-refractivity contribution < 1.29 is 9.21 Å². The molecule has 3 aromatic heterocycles. The zero-order valence-corrected chi connectivity index (χ0v) is 18.9. The number of benzene rings is 2. The van der Waals surface area contributed by atoms with Crippen LogP contribution in [0, 0.1) is 13.8 Å². The lowest BCUT2D eigenvalue weighted by Crippen LogP contribution is -2.17. The molecule has 5 rings (SSSR count). The molecule has 0 aliphatic rings. The maximum atomic E-state index is 12.6. The number of furan rings is 1. The van der Waals surface area contributed by atoms with Crippen LogP contribution in [0.2, 0.25) is 0 Å². The van der Waals surface area contributed by atoms with Crippen LogP contribution in [0.3, 0.4) is 0 Å². The van der Waals surface area contributed by atoms with Gasteiger partial charge in [0.25, 0.3) is 5.91 Å². The lowest BCUT2D eigenvalue weighted by Gasteiger charge is -2.10. The van der Waals surface area contributed by atoms with Crippen molar-refractivity contribution in [3.8, 4) is 5.69 Å². The van der Waals surface area contributed by atoms with Crippen LogP contribution in [0.25, 0.3) is 16.7 Å². The predicted molar refractivity (Wildman–Crippen MR) is 129 cm³/mol. The van der Waals surface area contributed by atoms with Crippen LogP contribution in [0.5, 0.6) is 0 Å². The van der Waals surface area contributed by atoms with Crippen molar-refractivity contribution in [1.82, 2.24) is 20.0 Å². The molecule has 2 aromatic carbocycles. The summed E-state index contributed by atoms with van der Waals surface area (Å²) in [5.41, 5.74) is 8.12. The zero-order chi connectivity index (χ0) is 22.8. The molecule has 0 bridgehead atoms. The molecule has 0 spiro atoms. The second-order valence-corrected chi connectivity index (χ2v) is 8.51. The quantitative estimate of drug-likeness (QED) is 0.262. The molecular weight excluding hydrogens is 434 g/mol. The zero-order valence-electron chi connectivity index (χ0n) is 18.1. The summed E-state index contributed by atoms with van der Waals surface area (Å²) in [5, 5.41) is 5.46. The Balaban J connectivity index is 1.23. The van der Waals surface area contributed by atoms with E-state index in [0.717, 1.165) is 33.3 Å². The second-order valence-electron chi connectivity index (χ2n) is 7.52. The number of carbonyl (C=O) groups is 1. The van der Waals surface area contributed by atoms with E-state index < -0.39 is 0 Å². The largest absolute Gasteiger partial charge is 0.448 e. The number of hydrogen-bond acceptors (Lipinski definition) is 5. The van der Waals surface area contributed by atoms with E-state index in [0.29, 0.717) is 16.4 Å². The first kappa shape index (κ1) is 20.8. The standard InChI is InChI=1S/C25H21N5O2S/c1-16-10-11-17(2)30(16)19-7-5-6-18(14-19)24(31)29-26-15-20-12-13-23(32-20)33-25-27-21-8-3-4-9-22(21)28-25/h3-15H,1-2H3,(H,27,28)(H,29,31)/b26-15-. The van der Waals surface area contributed by atoms with Gasteiger partial charge in [-0.15, -0.1) is 0 Å². The fourth-order valence-electron chi connectivity index (χ4n) is 3.61. The fraction of sp³-hybridized carbons (Fsp3) is 0.0800. The first-order valence-electron chi connectivity index (χ1n) is 10.4. The van der Waals surface area contributed by atoms with Crippen LogP contribution in [-0.2, 0) is 0 Å². The lowest BCUT2D eigenvalue weighted by molar-refractivity contribution is 0.0955. The Hall–Kier alpha value is -4.04. The van der Waals surface area contributed by atoms with Crippen molar-refractivity contribution in [3.05, 3.63) is 95.5 Å². The molecule has 0 aliphatic heterocycles. The average Bonchev–Trinajstić information content (AvgIpc) is 3.52. The number of aryl methyl sites for hydroxylation is 2. The van der Waals surface area contributed by atoms with Gasteiger partial charge in [-0.3, -0.25) is 4.79 Å². The minimum absolute atomic E-state index is 0.293. The SMILES string of the molecule is Cc1ccc(C)n1-c1cccc(C(=O)N/N=C\c2ccc(Sc3nc4ccccc4[nH]3)o2)c1. The van der Waals surface area contributed by atoms with E-state index in [9.17, 15) is 4.79 Å². The van der Waals surface area contributed by atoms with Gasteiger partial charge in [0.15, 0.2) is 10.2 Å². The number of hydrazone groups is 1. The van der Waals surface area contributed by atoms with E-state index in [-0.39, 0.29) is 5.91 Å². The third kappa shape index (κ3) is 4.47. The van der Waals surface area contributed by atoms with Crippen LogP contribution in [0.4, 0.5) is 0 Å². The molecule has 0 radical (unpaired) electrons. The fourth-order valence-corrected chi connectivity index (χ4v) is 4.38. The molecule has 0 fully saturated rings. The number of imidazole rings is 1. The highest BCUT2D eigenvalue weighted by Crippen LogP contribution is 2.28. The van der Waals surface area contributed by atoms with Gasteiger partial charge in [0.1, 0.15) is 5.76 Å². The number of aromatic nitrogens is 3. The summed E-state index contributed by atoms with van der Waals surface area (Å²) < 4.78 is 7.87. The van der Waals surface area contributed by atoms with Gasteiger partial charge in [-0.25, -0.2) is 10.4 Å². The predicted octanol–water partition coefficient (Wildman–Crippen LogP) is 5.48. The summed E-state index contributed by atoms with van der Waals surface area (Å²) in [6.07, 6.45) is 1.48. The van der Waals surface area contributed by atoms with Crippen molar-refractivity contribution in [1.29, 1.82) is 0 Å². The van der Waals surface area contributed by atoms with Crippen molar-refractivity contribution in [2.45, 2.75) is 24.1 Å². The normalized spacial score (nSPS) is 11.5.